The fourth-order valence-electron chi connectivity index (χ4n) is 1.80. The van der Waals surface area contributed by atoms with E-state index in [2.05, 4.69) is 15.6 Å². The van der Waals surface area contributed by atoms with Gasteiger partial charge in [0.1, 0.15) is 17.1 Å². The van der Waals surface area contributed by atoms with Gasteiger partial charge in [-0.1, -0.05) is 0 Å². The van der Waals surface area contributed by atoms with Crippen LogP contribution in [0.1, 0.15) is 39.2 Å². The van der Waals surface area contributed by atoms with Crippen molar-refractivity contribution in [1.82, 2.24) is 10.6 Å². The molecule has 0 spiro atoms. The molecule has 0 saturated heterocycles. The van der Waals surface area contributed by atoms with Crippen LogP contribution in [0.3, 0.4) is 0 Å². The second kappa shape index (κ2) is 7.57. The second-order valence-electron chi connectivity index (χ2n) is 6.76. The topological polar surface area (TPSA) is 104 Å². The standard InChI is InChI=1S/C16H29N3O4S/c1-7-17-14(18-10-15(3,4)24(6,21)22)19-11-16(5,20)13-9-8-12(2)23-13/h8-9,20H,7,10-11H2,1-6H3,(H2,17,18,19). The van der Waals surface area contributed by atoms with Gasteiger partial charge in [0.05, 0.1) is 17.8 Å². The molecular formula is C16H29N3O4S. The first-order chi connectivity index (χ1) is 10.9. The van der Waals surface area contributed by atoms with Crippen LogP contribution < -0.4 is 10.6 Å². The summed E-state index contributed by atoms with van der Waals surface area (Å²) in [6.45, 7) is 9.54. The zero-order valence-electron chi connectivity index (χ0n) is 15.3. The van der Waals surface area contributed by atoms with Crippen LogP contribution >= 0.6 is 0 Å². The number of nitrogens with one attached hydrogen (secondary N) is 2. The molecule has 0 radical (unpaired) electrons. The Morgan fingerprint density at radius 1 is 1.29 bits per heavy atom. The summed E-state index contributed by atoms with van der Waals surface area (Å²) in [5.41, 5.74) is -1.21. The van der Waals surface area contributed by atoms with Crippen LogP contribution in [0.25, 0.3) is 0 Å². The molecule has 1 unspecified atom stereocenters. The molecule has 138 valence electrons. The summed E-state index contributed by atoms with van der Waals surface area (Å²) in [5, 5.41) is 16.6. The molecule has 0 bridgehead atoms. The predicted molar refractivity (Wildman–Crippen MR) is 95.9 cm³/mol. The summed E-state index contributed by atoms with van der Waals surface area (Å²) in [6.07, 6.45) is 1.20. The third-order valence-corrected chi connectivity index (χ3v) is 5.97. The van der Waals surface area contributed by atoms with Gasteiger partial charge in [0.2, 0.25) is 0 Å². The van der Waals surface area contributed by atoms with Gasteiger partial charge in [0, 0.05) is 12.8 Å². The zero-order chi connectivity index (χ0) is 18.6. The van der Waals surface area contributed by atoms with E-state index in [0.717, 1.165) is 5.76 Å². The summed E-state index contributed by atoms with van der Waals surface area (Å²) in [7, 11) is -3.22. The molecule has 0 saturated carbocycles. The minimum absolute atomic E-state index is 0.114. The molecule has 3 N–H and O–H groups in total. The number of guanidine groups is 1. The molecule has 1 rings (SSSR count). The third kappa shape index (κ3) is 5.52. The number of aliphatic imine (C=N–C) groups is 1. The van der Waals surface area contributed by atoms with Gasteiger partial charge in [0.15, 0.2) is 15.8 Å². The van der Waals surface area contributed by atoms with Crippen LogP contribution in [0.5, 0.6) is 0 Å². The Labute approximate surface area is 144 Å². The van der Waals surface area contributed by atoms with Gasteiger partial charge < -0.3 is 20.2 Å². The van der Waals surface area contributed by atoms with Gasteiger partial charge in [-0.3, -0.25) is 4.99 Å². The summed E-state index contributed by atoms with van der Waals surface area (Å²) in [6, 6.07) is 3.52. The molecule has 24 heavy (non-hydrogen) atoms. The first-order valence-corrected chi connectivity index (χ1v) is 9.79. The van der Waals surface area contributed by atoms with E-state index in [-0.39, 0.29) is 13.1 Å². The number of furan rings is 1. The van der Waals surface area contributed by atoms with E-state index in [4.69, 9.17) is 4.42 Å². The second-order valence-corrected chi connectivity index (χ2v) is 9.41. The van der Waals surface area contributed by atoms with Crippen molar-refractivity contribution in [2.45, 2.75) is 45.0 Å². The van der Waals surface area contributed by atoms with E-state index in [9.17, 15) is 13.5 Å². The van der Waals surface area contributed by atoms with E-state index in [0.29, 0.717) is 18.3 Å². The van der Waals surface area contributed by atoms with Crippen molar-refractivity contribution in [2.24, 2.45) is 4.99 Å². The number of rotatable bonds is 7. The van der Waals surface area contributed by atoms with Crippen molar-refractivity contribution in [3.05, 3.63) is 23.7 Å². The Bertz CT molecular complexity index is 675. The SMILES string of the molecule is CCNC(=NCC(C)(C)S(C)(=O)=O)NCC(C)(O)c1ccc(C)o1. The molecule has 0 aliphatic carbocycles. The number of hydrogen-bond acceptors (Lipinski definition) is 5. The van der Waals surface area contributed by atoms with Crippen molar-refractivity contribution >= 4 is 15.8 Å². The van der Waals surface area contributed by atoms with Crippen LogP contribution in [-0.4, -0.2) is 50.1 Å². The van der Waals surface area contributed by atoms with Crippen LogP contribution in [0.15, 0.2) is 21.5 Å². The van der Waals surface area contributed by atoms with E-state index in [1.54, 1.807) is 32.9 Å². The average Bonchev–Trinajstić information content (AvgIpc) is 2.88. The first-order valence-electron chi connectivity index (χ1n) is 7.90. The molecular weight excluding hydrogens is 330 g/mol. The lowest BCUT2D eigenvalue weighted by Gasteiger charge is -2.24. The Hall–Kier alpha value is -1.54. The molecule has 0 aliphatic rings. The monoisotopic (exact) mass is 359 g/mol. The van der Waals surface area contributed by atoms with Crippen LogP contribution in [0, 0.1) is 6.92 Å². The molecule has 1 aromatic rings. The van der Waals surface area contributed by atoms with Crippen LogP contribution in [0.4, 0.5) is 0 Å². The van der Waals surface area contributed by atoms with E-state index in [1.165, 1.54) is 6.26 Å². The lowest BCUT2D eigenvalue weighted by Crippen LogP contribution is -2.45. The largest absolute Gasteiger partial charge is 0.463 e. The van der Waals surface area contributed by atoms with Crippen molar-refractivity contribution in [1.29, 1.82) is 0 Å². The lowest BCUT2D eigenvalue weighted by atomic mass is 10.0. The minimum atomic E-state index is -3.22. The molecule has 0 aromatic carbocycles. The number of hydrogen-bond donors (Lipinski definition) is 3. The van der Waals surface area contributed by atoms with Gasteiger partial charge >= 0.3 is 0 Å². The highest BCUT2D eigenvalue weighted by Crippen LogP contribution is 2.22. The zero-order valence-corrected chi connectivity index (χ0v) is 16.1. The van der Waals surface area contributed by atoms with Gasteiger partial charge in [-0.2, -0.15) is 0 Å². The number of nitrogens with zero attached hydrogens (tertiary/aromatic N) is 1. The van der Waals surface area contributed by atoms with E-state index in [1.807, 2.05) is 13.8 Å². The quantitative estimate of drug-likeness (QED) is 0.499. The summed E-state index contributed by atoms with van der Waals surface area (Å²) < 4.78 is 28.0. The molecule has 1 heterocycles. The maximum absolute atomic E-state index is 11.8. The van der Waals surface area contributed by atoms with Crippen LogP contribution in [-0.2, 0) is 15.4 Å². The molecule has 0 aliphatic heterocycles. The highest BCUT2D eigenvalue weighted by Gasteiger charge is 2.30. The van der Waals surface area contributed by atoms with E-state index < -0.39 is 20.2 Å². The molecule has 0 amide bonds. The van der Waals surface area contributed by atoms with Gasteiger partial charge in [0.25, 0.3) is 0 Å². The Morgan fingerprint density at radius 2 is 1.92 bits per heavy atom. The van der Waals surface area contributed by atoms with Gasteiger partial charge in [-0.05, 0) is 46.8 Å². The normalized spacial score (nSPS) is 15.9. The van der Waals surface area contributed by atoms with Crippen molar-refractivity contribution in [3.8, 4) is 0 Å². The van der Waals surface area contributed by atoms with Gasteiger partial charge in [-0.15, -0.1) is 0 Å². The Balaban J connectivity index is 2.81. The van der Waals surface area contributed by atoms with Crippen molar-refractivity contribution < 1.29 is 17.9 Å². The summed E-state index contributed by atoms with van der Waals surface area (Å²) in [4.78, 5) is 4.33. The predicted octanol–water partition coefficient (Wildman–Crippen LogP) is 1.17. The third-order valence-electron chi connectivity index (χ3n) is 3.84. The number of aliphatic hydroxyl groups is 1. The highest BCUT2D eigenvalue weighted by molar-refractivity contribution is 7.92. The average molecular weight is 359 g/mol. The summed E-state index contributed by atoms with van der Waals surface area (Å²) in [5.74, 6) is 1.62. The molecule has 1 atom stereocenters. The van der Waals surface area contributed by atoms with Crippen molar-refractivity contribution in [2.75, 3.05) is 25.9 Å². The lowest BCUT2D eigenvalue weighted by molar-refractivity contribution is 0.0378. The molecule has 0 fully saturated rings. The van der Waals surface area contributed by atoms with Gasteiger partial charge in [-0.25, -0.2) is 8.42 Å². The van der Waals surface area contributed by atoms with Crippen molar-refractivity contribution in [3.63, 3.8) is 0 Å². The molecule has 1 aromatic heterocycles. The fraction of sp³-hybridized carbons (Fsp3) is 0.688. The Kier molecular flexibility index (Phi) is 6.46. The maximum Gasteiger partial charge on any atom is 0.191 e. The first kappa shape index (κ1) is 20.5. The highest BCUT2D eigenvalue weighted by atomic mass is 32.2. The molecule has 7 nitrogen and oxygen atoms in total. The Morgan fingerprint density at radius 3 is 2.38 bits per heavy atom. The smallest absolute Gasteiger partial charge is 0.191 e. The number of aryl methyl sites for hydroxylation is 1. The van der Waals surface area contributed by atoms with Crippen LogP contribution in [0.2, 0.25) is 0 Å². The minimum Gasteiger partial charge on any atom is -0.463 e. The maximum atomic E-state index is 11.8. The molecule has 8 heteroatoms. The summed E-state index contributed by atoms with van der Waals surface area (Å²) >= 11 is 0. The fourth-order valence-corrected chi connectivity index (χ4v) is 2.09. The number of sulfone groups is 1. The van der Waals surface area contributed by atoms with E-state index >= 15 is 0 Å².